The molecule has 6 nitrogen and oxygen atoms in total. The van der Waals surface area contributed by atoms with Crippen LogP contribution in [0.2, 0.25) is 5.15 Å². The average Bonchev–Trinajstić information content (AvgIpc) is 2.81. The Morgan fingerprint density at radius 2 is 1.88 bits per heavy atom. The van der Waals surface area contributed by atoms with Crippen LogP contribution in [0.25, 0.3) is 11.3 Å². The highest BCUT2D eigenvalue weighted by molar-refractivity contribution is 6.30. The Hall–Kier alpha value is -3.04. The van der Waals surface area contributed by atoms with E-state index in [1.54, 1.807) is 18.2 Å². The van der Waals surface area contributed by atoms with Crippen LogP contribution in [0.1, 0.15) is 45.9 Å². The Morgan fingerprint density at radius 1 is 1.12 bits per heavy atom. The number of carbonyl (C=O) groups is 1. The highest BCUT2D eigenvalue weighted by atomic mass is 35.5. The molecule has 1 saturated heterocycles. The first kappa shape index (κ1) is 23.1. The van der Waals surface area contributed by atoms with Crippen molar-refractivity contribution in [2.24, 2.45) is 0 Å². The van der Waals surface area contributed by atoms with E-state index < -0.39 is 17.6 Å². The first-order chi connectivity index (χ1) is 15.7. The molecule has 1 N–H and O–H groups in total. The van der Waals surface area contributed by atoms with Crippen LogP contribution < -0.4 is 5.32 Å². The second kappa shape index (κ2) is 9.44. The van der Waals surface area contributed by atoms with Gasteiger partial charge in [-0.15, -0.1) is 10.2 Å². The highest BCUT2D eigenvalue weighted by Gasteiger charge is 2.31. The second-order valence-corrected chi connectivity index (χ2v) is 8.13. The lowest BCUT2D eigenvalue weighted by Crippen LogP contribution is -2.16. The maximum absolute atomic E-state index is 12.9. The number of aryl methyl sites for hydroxylation is 1. The first-order valence-electron chi connectivity index (χ1n) is 10.3. The number of carbonyl (C=O) groups excluding carboxylic acids is 1. The first-order valence-corrected chi connectivity index (χ1v) is 10.7. The van der Waals surface area contributed by atoms with Crippen LogP contribution >= 0.6 is 11.6 Å². The van der Waals surface area contributed by atoms with Crippen molar-refractivity contribution in [2.75, 3.05) is 18.5 Å². The van der Waals surface area contributed by atoms with Crippen molar-refractivity contribution in [3.8, 4) is 11.3 Å². The molecule has 0 saturated carbocycles. The van der Waals surface area contributed by atoms with E-state index in [4.69, 9.17) is 16.3 Å². The van der Waals surface area contributed by atoms with Gasteiger partial charge in [0.2, 0.25) is 0 Å². The predicted octanol–water partition coefficient (Wildman–Crippen LogP) is 5.67. The van der Waals surface area contributed by atoms with E-state index >= 15 is 0 Å². The molecule has 1 aliphatic rings. The van der Waals surface area contributed by atoms with E-state index in [9.17, 15) is 18.0 Å². The van der Waals surface area contributed by atoms with Crippen molar-refractivity contribution < 1.29 is 22.7 Å². The van der Waals surface area contributed by atoms with Crippen molar-refractivity contribution in [3.63, 3.8) is 0 Å². The lowest BCUT2D eigenvalue weighted by molar-refractivity contribution is -0.137. The standard InChI is InChI=1S/C23H20ClF3N4O2/c1-13-2-3-16(29-22(32)20-10-15(4-7-28-20)23(25,26)27)11-17(13)19-12-18(21(24)31-30-19)14-5-8-33-9-6-14/h2-4,7,10-12,14H,5-6,8-9H2,1H3,(H,29,32). The van der Waals surface area contributed by atoms with E-state index in [0.29, 0.717) is 29.7 Å². The summed E-state index contributed by atoms with van der Waals surface area (Å²) in [7, 11) is 0. The number of rotatable bonds is 4. The minimum absolute atomic E-state index is 0.218. The quantitative estimate of drug-likeness (QED) is 0.525. The molecular formula is C23H20ClF3N4O2. The van der Waals surface area contributed by atoms with Gasteiger partial charge in [0.1, 0.15) is 5.69 Å². The summed E-state index contributed by atoms with van der Waals surface area (Å²) in [5, 5.41) is 11.3. The zero-order valence-electron chi connectivity index (χ0n) is 17.6. The van der Waals surface area contributed by atoms with Crippen LogP contribution in [0.5, 0.6) is 0 Å². The van der Waals surface area contributed by atoms with E-state index in [1.807, 2.05) is 13.0 Å². The fourth-order valence-electron chi connectivity index (χ4n) is 3.72. The SMILES string of the molecule is Cc1ccc(NC(=O)c2cc(C(F)(F)F)ccn2)cc1-c1cc(C2CCOCC2)c(Cl)nn1. The van der Waals surface area contributed by atoms with Crippen molar-refractivity contribution >= 4 is 23.2 Å². The summed E-state index contributed by atoms with van der Waals surface area (Å²) in [6.07, 6.45) is -1.93. The number of ether oxygens (including phenoxy) is 1. The normalized spacial score (nSPS) is 14.8. The van der Waals surface area contributed by atoms with E-state index in [0.717, 1.165) is 47.9 Å². The fourth-order valence-corrected chi connectivity index (χ4v) is 3.97. The Kier molecular flexibility index (Phi) is 6.62. The number of anilines is 1. The molecule has 1 aliphatic heterocycles. The summed E-state index contributed by atoms with van der Waals surface area (Å²) < 4.78 is 44.3. The molecule has 0 aliphatic carbocycles. The molecule has 172 valence electrons. The number of hydrogen-bond donors (Lipinski definition) is 1. The summed E-state index contributed by atoms with van der Waals surface area (Å²) in [5.74, 6) is -0.531. The fraction of sp³-hybridized carbons (Fsp3) is 0.304. The minimum atomic E-state index is -4.57. The number of aromatic nitrogens is 3. The van der Waals surface area contributed by atoms with Gasteiger partial charge in [0.25, 0.3) is 5.91 Å². The molecular weight excluding hydrogens is 457 g/mol. The monoisotopic (exact) mass is 476 g/mol. The highest BCUT2D eigenvalue weighted by Crippen LogP contribution is 2.34. The van der Waals surface area contributed by atoms with Gasteiger partial charge in [-0.2, -0.15) is 13.2 Å². The number of benzene rings is 1. The van der Waals surface area contributed by atoms with E-state index in [-0.39, 0.29) is 11.6 Å². The molecule has 33 heavy (non-hydrogen) atoms. The van der Waals surface area contributed by atoms with Gasteiger partial charge in [0.15, 0.2) is 5.15 Å². The van der Waals surface area contributed by atoms with Gasteiger partial charge in [-0.25, -0.2) is 0 Å². The smallest absolute Gasteiger partial charge is 0.381 e. The van der Waals surface area contributed by atoms with Crippen LogP contribution in [0, 0.1) is 6.92 Å². The van der Waals surface area contributed by atoms with Crippen LogP contribution in [-0.2, 0) is 10.9 Å². The maximum Gasteiger partial charge on any atom is 0.416 e. The zero-order chi connectivity index (χ0) is 23.6. The topological polar surface area (TPSA) is 77.0 Å². The summed E-state index contributed by atoms with van der Waals surface area (Å²) in [6, 6.07) is 8.58. The van der Waals surface area contributed by atoms with Crippen molar-refractivity contribution in [2.45, 2.75) is 31.9 Å². The minimum Gasteiger partial charge on any atom is -0.381 e. The molecule has 3 heterocycles. The van der Waals surface area contributed by atoms with Gasteiger partial charge in [0, 0.05) is 30.7 Å². The molecule has 4 rings (SSSR count). The molecule has 1 amide bonds. The Labute approximate surface area is 193 Å². The summed E-state index contributed by atoms with van der Waals surface area (Å²) in [6.45, 7) is 3.20. The maximum atomic E-state index is 12.9. The lowest BCUT2D eigenvalue weighted by atomic mass is 9.92. The number of pyridine rings is 1. The zero-order valence-corrected chi connectivity index (χ0v) is 18.4. The molecule has 1 aromatic carbocycles. The second-order valence-electron chi connectivity index (χ2n) is 7.77. The van der Waals surface area contributed by atoms with Gasteiger partial charge < -0.3 is 10.1 Å². The van der Waals surface area contributed by atoms with Crippen molar-refractivity contribution in [1.29, 1.82) is 0 Å². The molecule has 3 aromatic rings. The van der Waals surface area contributed by atoms with Crippen molar-refractivity contribution in [3.05, 3.63) is 70.1 Å². The Bertz CT molecular complexity index is 1180. The third-order valence-corrected chi connectivity index (χ3v) is 5.82. The van der Waals surface area contributed by atoms with Gasteiger partial charge >= 0.3 is 6.18 Å². The molecule has 0 bridgehead atoms. The van der Waals surface area contributed by atoms with Gasteiger partial charge in [0.05, 0.1) is 11.3 Å². The van der Waals surface area contributed by atoms with Crippen LogP contribution in [0.3, 0.4) is 0 Å². The third-order valence-electron chi connectivity index (χ3n) is 5.53. The number of halogens is 4. The lowest BCUT2D eigenvalue weighted by Gasteiger charge is -2.23. The molecule has 0 unspecified atom stereocenters. The average molecular weight is 477 g/mol. The largest absolute Gasteiger partial charge is 0.416 e. The predicted molar refractivity (Wildman–Crippen MR) is 117 cm³/mol. The molecule has 0 spiro atoms. The number of nitrogens with zero attached hydrogens (tertiary/aromatic N) is 3. The Morgan fingerprint density at radius 3 is 2.61 bits per heavy atom. The third kappa shape index (κ3) is 5.31. The molecule has 2 aromatic heterocycles. The van der Waals surface area contributed by atoms with Crippen LogP contribution in [0.15, 0.2) is 42.6 Å². The van der Waals surface area contributed by atoms with E-state index in [1.165, 1.54) is 0 Å². The van der Waals surface area contributed by atoms with E-state index in [2.05, 4.69) is 20.5 Å². The summed E-state index contributed by atoms with van der Waals surface area (Å²) in [4.78, 5) is 16.3. The van der Waals surface area contributed by atoms with Gasteiger partial charge in [-0.1, -0.05) is 17.7 Å². The Balaban J connectivity index is 1.61. The van der Waals surface area contributed by atoms with Gasteiger partial charge in [-0.3, -0.25) is 9.78 Å². The summed E-state index contributed by atoms with van der Waals surface area (Å²) in [5.41, 5.74) is 2.22. The molecule has 10 heteroatoms. The molecule has 1 fully saturated rings. The van der Waals surface area contributed by atoms with Gasteiger partial charge in [-0.05, 0) is 67.1 Å². The number of amides is 1. The molecule has 0 radical (unpaired) electrons. The molecule has 0 atom stereocenters. The number of alkyl halides is 3. The number of hydrogen-bond acceptors (Lipinski definition) is 5. The van der Waals surface area contributed by atoms with Crippen LogP contribution in [0.4, 0.5) is 18.9 Å². The van der Waals surface area contributed by atoms with Crippen molar-refractivity contribution in [1.82, 2.24) is 15.2 Å². The summed E-state index contributed by atoms with van der Waals surface area (Å²) >= 11 is 6.31. The van der Waals surface area contributed by atoms with Crippen LogP contribution in [-0.4, -0.2) is 34.3 Å². The number of nitrogens with one attached hydrogen (secondary N) is 1.